The zero-order chi connectivity index (χ0) is 15.2. The van der Waals surface area contributed by atoms with E-state index in [-0.39, 0.29) is 11.5 Å². The maximum atomic E-state index is 10.1. The summed E-state index contributed by atoms with van der Waals surface area (Å²) in [5.74, 6) is 0.393. The fraction of sp³-hybridized carbons (Fsp3) is 0.368. The summed E-state index contributed by atoms with van der Waals surface area (Å²) in [6.07, 6.45) is 1.08. The average molecular weight is 281 g/mol. The first-order valence-electron chi connectivity index (χ1n) is 7.53. The number of fused-ring (bicyclic) bond motifs is 1. The highest BCUT2D eigenvalue weighted by Crippen LogP contribution is 2.47. The molecule has 3 rings (SSSR count). The second-order valence-corrected chi connectivity index (χ2v) is 6.85. The van der Waals surface area contributed by atoms with Crippen molar-refractivity contribution in [3.8, 4) is 5.75 Å². The standard InChI is InChI=1S/C19H23NO/c1-12-9-10-16(13(2)17(12)21)20-18-15-8-6-5-7-14(15)11-19(18,3)4/h5-10,18,20-21H,11H2,1-4H3. The molecule has 110 valence electrons. The van der Waals surface area contributed by atoms with Gasteiger partial charge in [-0.15, -0.1) is 0 Å². The molecule has 0 heterocycles. The van der Waals surface area contributed by atoms with E-state index in [1.54, 1.807) is 0 Å². The van der Waals surface area contributed by atoms with Crippen molar-refractivity contribution in [1.82, 2.24) is 0 Å². The van der Waals surface area contributed by atoms with Gasteiger partial charge in [0, 0.05) is 11.3 Å². The molecule has 0 aliphatic heterocycles. The molecule has 0 aromatic heterocycles. The molecule has 1 unspecified atom stereocenters. The predicted octanol–water partition coefficient (Wildman–Crippen LogP) is 4.74. The number of nitrogens with one attached hydrogen (secondary N) is 1. The molecule has 1 atom stereocenters. The van der Waals surface area contributed by atoms with Gasteiger partial charge in [0.15, 0.2) is 0 Å². The summed E-state index contributed by atoms with van der Waals surface area (Å²) in [5.41, 5.74) is 5.83. The van der Waals surface area contributed by atoms with Crippen LogP contribution in [0, 0.1) is 19.3 Å². The van der Waals surface area contributed by atoms with Crippen LogP contribution in [0.4, 0.5) is 5.69 Å². The Kier molecular flexibility index (Phi) is 3.20. The highest BCUT2D eigenvalue weighted by molar-refractivity contribution is 5.61. The minimum absolute atomic E-state index is 0.163. The van der Waals surface area contributed by atoms with E-state index < -0.39 is 0 Å². The Morgan fingerprint density at radius 1 is 1.10 bits per heavy atom. The normalized spacial score (nSPS) is 19.3. The lowest BCUT2D eigenvalue weighted by molar-refractivity contribution is 0.337. The fourth-order valence-corrected chi connectivity index (χ4v) is 3.41. The van der Waals surface area contributed by atoms with Crippen LogP contribution >= 0.6 is 0 Å². The van der Waals surface area contributed by atoms with E-state index in [4.69, 9.17) is 0 Å². The van der Waals surface area contributed by atoms with E-state index in [1.165, 1.54) is 11.1 Å². The topological polar surface area (TPSA) is 32.3 Å². The fourth-order valence-electron chi connectivity index (χ4n) is 3.41. The van der Waals surface area contributed by atoms with Gasteiger partial charge in [-0.1, -0.05) is 44.2 Å². The predicted molar refractivity (Wildman–Crippen MR) is 87.9 cm³/mol. The quantitative estimate of drug-likeness (QED) is 0.833. The van der Waals surface area contributed by atoms with Crippen LogP contribution in [0.5, 0.6) is 5.75 Å². The number of aromatic hydroxyl groups is 1. The summed E-state index contributed by atoms with van der Waals surface area (Å²) < 4.78 is 0. The first-order chi connectivity index (χ1) is 9.90. The van der Waals surface area contributed by atoms with Gasteiger partial charge in [0.2, 0.25) is 0 Å². The molecule has 2 aromatic rings. The summed E-state index contributed by atoms with van der Waals surface area (Å²) in [6, 6.07) is 13.0. The molecule has 0 saturated carbocycles. The van der Waals surface area contributed by atoms with Crippen molar-refractivity contribution in [2.24, 2.45) is 5.41 Å². The Hall–Kier alpha value is -1.96. The van der Waals surface area contributed by atoms with Crippen LogP contribution in [-0.2, 0) is 6.42 Å². The Morgan fingerprint density at radius 2 is 1.81 bits per heavy atom. The van der Waals surface area contributed by atoms with E-state index in [0.717, 1.165) is 23.2 Å². The molecule has 21 heavy (non-hydrogen) atoms. The Balaban J connectivity index is 2.00. The van der Waals surface area contributed by atoms with Crippen LogP contribution < -0.4 is 5.32 Å². The third-order valence-corrected chi connectivity index (χ3v) is 4.73. The maximum Gasteiger partial charge on any atom is 0.123 e. The smallest absolute Gasteiger partial charge is 0.123 e. The van der Waals surface area contributed by atoms with E-state index in [2.05, 4.69) is 49.5 Å². The molecule has 2 heteroatoms. The minimum atomic E-state index is 0.163. The average Bonchev–Trinajstić information content (AvgIpc) is 2.70. The second-order valence-electron chi connectivity index (χ2n) is 6.85. The maximum absolute atomic E-state index is 10.1. The van der Waals surface area contributed by atoms with Gasteiger partial charge in [-0.25, -0.2) is 0 Å². The van der Waals surface area contributed by atoms with Gasteiger partial charge in [-0.05, 0) is 48.4 Å². The second kappa shape index (κ2) is 4.80. The van der Waals surface area contributed by atoms with Crippen molar-refractivity contribution in [3.63, 3.8) is 0 Å². The highest BCUT2D eigenvalue weighted by Gasteiger charge is 2.38. The molecule has 2 aromatic carbocycles. The molecule has 1 aliphatic rings. The highest BCUT2D eigenvalue weighted by atomic mass is 16.3. The third kappa shape index (κ3) is 2.29. The van der Waals surface area contributed by atoms with E-state index >= 15 is 0 Å². The SMILES string of the molecule is Cc1ccc(NC2c3ccccc3CC2(C)C)c(C)c1O. The molecule has 0 amide bonds. The summed E-state index contributed by atoms with van der Waals surface area (Å²) in [4.78, 5) is 0. The zero-order valence-electron chi connectivity index (χ0n) is 13.2. The van der Waals surface area contributed by atoms with Crippen molar-refractivity contribution < 1.29 is 5.11 Å². The molecule has 0 radical (unpaired) electrons. The summed E-state index contributed by atoms with van der Waals surface area (Å²) in [5, 5.41) is 13.8. The van der Waals surface area contributed by atoms with Gasteiger partial charge in [0.05, 0.1) is 6.04 Å². The van der Waals surface area contributed by atoms with Crippen LogP contribution in [0.3, 0.4) is 0 Å². The van der Waals surface area contributed by atoms with Crippen LogP contribution in [0.1, 0.15) is 42.1 Å². The van der Waals surface area contributed by atoms with E-state index in [9.17, 15) is 5.11 Å². The number of benzene rings is 2. The molecule has 0 fully saturated rings. The molecular formula is C19H23NO. The summed E-state index contributed by atoms with van der Waals surface area (Å²) in [6.45, 7) is 8.50. The number of rotatable bonds is 2. The van der Waals surface area contributed by atoms with Crippen LogP contribution in [-0.4, -0.2) is 5.11 Å². The molecule has 2 nitrogen and oxygen atoms in total. The number of phenolic OH excluding ortho intramolecular Hbond substituents is 1. The van der Waals surface area contributed by atoms with Gasteiger partial charge < -0.3 is 10.4 Å². The van der Waals surface area contributed by atoms with Crippen molar-refractivity contribution in [2.45, 2.75) is 40.2 Å². The number of anilines is 1. The summed E-state index contributed by atoms with van der Waals surface area (Å²) in [7, 11) is 0. The van der Waals surface area contributed by atoms with Gasteiger partial charge in [-0.3, -0.25) is 0 Å². The lowest BCUT2D eigenvalue weighted by Gasteiger charge is -2.30. The van der Waals surface area contributed by atoms with Gasteiger partial charge in [-0.2, -0.15) is 0 Å². The number of aryl methyl sites for hydroxylation is 1. The minimum Gasteiger partial charge on any atom is -0.507 e. The van der Waals surface area contributed by atoms with Crippen LogP contribution in [0.15, 0.2) is 36.4 Å². The lowest BCUT2D eigenvalue weighted by atomic mass is 9.85. The Bertz CT molecular complexity index is 688. The molecular weight excluding hydrogens is 258 g/mol. The third-order valence-electron chi connectivity index (χ3n) is 4.73. The Labute approximate surface area is 126 Å². The van der Waals surface area contributed by atoms with Crippen LogP contribution in [0.25, 0.3) is 0 Å². The molecule has 0 bridgehead atoms. The van der Waals surface area contributed by atoms with Crippen molar-refractivity contribution in [1.29, 1.82) is 0 Å². The first-order valence-corrected chi connectivity index (χ1v) is 7.53. The zero-order valence-corrected chi connectivity index (χ0v) is 13.2. The monoisotopic (exact) mass is 281 g/mol. The van der Waals surface area contributed by atoms with Gasteiger partial charge in [0.25, 0.3) is 0 Å². The van der Waals surface area contributed by atoms with Gasteiger partial charge >= 0.3 is 0 Å². The first kappa shape index (κ1) is 14.0. The lowest BCUT2D eigenvalue weighted by Crippen LogP contribution is -2.24. The summed E-state index contributed by atoms with van der Waals surface area (Å²) >= 11 is 0. The van der Waals surface area contributed by atoms with E-state index in [0.29, 0.717) is 5.75 Å². The largest absolute Gasteiger partial charge is 0.507 e. The van der Waals surface area contributed by atoms with Crippen LogP contribution in [0.2, 0.25) is 0 Å². The number of phenols is 1. The number of hydrogen-bond acceptors (Lipinski definition) is 2. The van der Waals surface area contributed by atoms with Crippen molar-refractivity contribution >= 4 is 5.69 Å². The molecule has 0 saturated heterocycles. The van der Waals surface area contributed by atoms with Crippen molar-refractivity contribution in [2.75, 3.05) is 5.32 Å². The molecule has 2 N–H and O–H groups in total. The van der Waals surface area contributed by atoms with Crippen molar-refractivity contribution in [3.05, 3.63) is 58.7 Å². The molecule has 1 aliphatic carbocycles. The molecule has 0 spiro atoms. The van der Waals surface area contributed by atoms with E-state index in [1.807, 2.05) is 19.9 Å². The Morgan fingerprint density at radius 3 is 2.57 bits per heavy atom. The van der Waals surface area contributed by atoms with Gasteiger partial charge in [0.1, 0.15) is 5.75 Å². The number of hydrogen-bond donors (Lipinski definition) is 2.